The number of hydrogen-bond donors (Lipinski definition) is 5. The van der Waals surface area contributed by atoms with E-state index in [1.54, 1.807) is 18.2 Å². The summed E-state index contributed by atoms with van der Waals surface area (Å²) in [7, 11) is -14.0. The third-order valence-electron chi connectivity index (χ3n) is 8.40. The topological polar surface area (TPSA) is 253 Å². The average molecular weight is 800 g/mol. The van der Waals surface area contributed by atoms with Crippen molar-refractivity contribution in [1.29, 1.82) is 0 Å². The van der Waals surface area contributed by atoms with Gasteiger partial charge < -0.3 is 10.2 Å². The van der Waals surface area contributed by atoms with Crippen molar-refractivity contribution >= 4 is 104 Å². The van der Waals surface area contributed by atoms with Crippen molar-refractivity contribution in [2.75, 3.05) is 0 Å². The number of hydrogen-bond acceptors (Lipinski definition) is 12. The van der Waals surface area contributed by atoms with Gasteiger partial charge in [-0.1, -0.05) is 30.3 Å². The zero-order valence-electron chi connectivity index (χ0n) is 28.6. The van der Waals surface area contributed by atoms with E-state index in [-0.39, 0.29) is 62.3 Å². The number of azo groups is 2. The fourth-order valence-electron chi connectivity index (χ4n) is 5.64. The maximum atomic E-state index is 12.0. The van der Waals surface area contributed by atoms with Crippen molar-refractivity contribution < 1.29 is 49.1 Å². The molecule has 273 valence electrons. The summed E-state index contributed by atoms with van der Waals surface area (Å²) < 4.78 is 98.8. The van der Waals surface area contributed by atoms with Crippen LogP contribution in [0.3, 0.4) is 0 Å². The number of aryl methyl sites for hydroxylation is 2. The predicted octanol–water partition coefficient (Wildman–Crippen LogP) is 7.80. The molecule has 6 aromatic carbocycles. The van der Waals surface area contributed by atoms with Crippen molar-refractivity contribution in [2.24, 2.45) is 20.5 Å². The second-order valence-corrected chi connectivity index (χ2v) is 16.2. The van der Waals surface area contributed by atoms with Crippen molar-refractivity contribution in [2.45, 2.75) is 35.0 Å². The number of phenolic OH excluding ortho intramolecular Hbond substituents is 2. The van der Waals surface area contributed by atoms with Crippen molar-refractivity contribution in [3.63, 3.8) is 0 Å². The van der Waals surface area contributed by atoms with Gasteiger partial charge in [0.05, 0.1) is 21.2 Å². The Labute approximate surface area is 331 Å². The minimum absolute atomic E-state index is 0. The third kappa shape index (κ3) is 8.67. The third-order valence-corrected chi connectivity index (χ3v) is 11.0. The van der Waals surface area contributed by atoms with Gasteiger partial charge in [-0.2, -0.15) is 35.5 Å². The van der Waals surface area contributed by atoms with Gasteiger partial charge in [0.2, 0.25) is 0 Å². The number of phenols is 2. The second kappa shape index (κ2) is 15.2. The van der Waals surface area contributed by atoms with E-state index < -0.39 is 45.9 Å². The van der Waals surface area contributed by atoms with E-state index in [1.165, 1.54) is 36.4 Å². The summed E-state index contributed by atoms with van der Waals surface area (Å²) in [5, 5.41) is 38.7. The van der Waals surface area contributed by atoms with E-state index in [9.17, 15) is 49.1 Å². The van der Waals surface area contributed by atoms with Crippen LogP contribution >= 0.6 is 0 Å². The predicted molar refractivity (Wildman–Crippen MR) is 200 cm³/mol. The molecule has 54 heavy (non-hydrogen) atoms. The number of fused-ring (bicyclic) bond motifs is 2. The zero-order valence-corrected chi connectivity index (χ0v) is 33.0. The van der Waals surface area contributed by atoms with Crippen LogP contribution in [-0.4, -0.2) is 78.7 Å². The van der Waals surface area contributed by atoms with Crippen LogP contribution in [-0.2, 0) is 36.8 Å². The Morgan fingerprint density at radius 1 is 0.519 bits per heavy atom. The van der Waals surface area contributed by atoms with Crippen molar-refractivity contribution in [3.05, 3.63) is 113 Å². The van der Waals surface area contributed by atoms with Crippen LogP contribution in [0.15, 0.2) is 126 Å². The molecule has 0 aromatic heterocycles. The van der Waals surface area contributed by atoms with Gasteiger partial charge in [-0.05, 0) is 114 Å². The molecule has 0 aliphatic heterocycles. The molecule has 0 unspecified atom stereocenters. The number of nitrogens with zero attached hydrogens (tertiary/aromatic N) is 4. The Kier molecular flexibility index (Phi) is 11.5. The fraction of sp³-hybridized carbons (Fsp3) is 0.0857. The molecule has 0 amide bonds. The van der Waals surface area contributed by atoms with Crippen LogP contribution in [0.5, 0.6) is 11.5 Å². The number of aromatic hydroxyl groups is 2. The minimum atomic E-state index is -4.97. The molecule has 0 fully saturated rings. The Balaban J connectivity index is 0.00000561. The maximum Gasteiger partial charge on any atom is 0.298 e. The summed E-state index contributed by atoms with van der Waals surface area (Å²) in [4.78, 5) is -1.76. The molecule has 6 aromatic rings. The standard InChI is InChI=1S/C35H28N4O11S3.Na/c1-19-13-25(36-38-33-29-10-8-27(51(42,43)44)16-23(29)5-12-31(33)40)6-3-21(19)15-22-4-7-26(14-20(22)2)37-39-34-30-11-9-28(52(45,46)47)17-24(30)18-32(35(34)41)53(48,49)50;/h3-14,16-18,40-41H,15H2,1-2H3,(H,42,43,44)(H,45,46,47)(H,48,49,50);. The molecule has 5 N–H and O–H groups in total. The second-order valence-electron chi connectivity index (χ2n) is 12.0. The molecule has 0 spiro atoms. The fourth-order valence-corrected chi connectivity index (χ4v) is 7.28. The van der Waals surface area contributed by atoms with E-state index in [1.807, 2.05) is 32.0 Å². The summed E-state index contributed by atoms with van der Waals surface area (Å²) in [6.45, 7) is 3.75. The Morgan fingerprint density at radius 2 is 1.00 bits per heavy atom. The maximum absolute atomic E-state index is 12.0. The summed E-state index contributed by atoms with van der Waals surface area (Å²) in [5.74, 6) is -1.07. The van der Waals surface area contributed by atoms with E-state index in [0.29, 0.717) is 28.6 Å². The van der Waals surface area contributed by atoms with Gasteiger partial charge in [-0.15, -0.1) is 10.2 Å². The van der Waals surface area contributed by atoms with Gasteiger partial charge >= 0.3 is 0 Å². The monoisotopic (exact) mass is 799 g/mol. The van der Waals surface area contributed by atoms with Crippen LogP contribution in [0.1, 0.15) is 22.3 Å². The van der Waals surface area contributed by atoms with Gasteiger partial charge in [0.25, 0.3) is 30.4 Å². The van der Waals surface area contributed by atoms with Crippen molar-refractivity contribution in [3.8, 4) is 11.5 Å². The van der Waals surface area contributed by atoms with Crippen LogP contribution in [0.4, 0.5) is 22.7 Å². The number of rotatable bonds is 9. The Hall–Kier alpha value is -4.63. The van der Waals surface area contributed by atoms with E-state index >= 15 is 0 Å². The Bertz CT molecular complexity index is 2900. The first-order valence-corrected chi connectivity index (χ1v) is 19.6. The van der Waals surface area contributed by atoms with Gasteiger partial charge in [0.15, 0.2) is 5.75 Å². The van der Waals surface area contributed by atoms with E-state index in [0.717, 1.165) is 40.5 Å². The van der Waals surface area contributed by atoms with Gasteiger partial charge in [-0.25, -0.2) is 0 Å². The van der Waals surface area contributed by atoms with Crippen LogP contribution in [0, 0.1) is 13.8 Å². The average Bonchev–Trinajstić information content (AvgIpc) is 3.07. The molecule has 0 saturated heterocycles. The molecule has 6 rings (SSSR count). The first-order chi connectivity index (χ1) is 24.8. The first kappa shape index (κ1) is 40.6. The minimum Gasteiger partial charge on any atom is -0.506 e. The molecular formula is C35H28N4NaO11S3. The summed E-state index contributed by atoms with van der Waals surface area (Å²) in [5.41, 5.74) is 4.22. The van der Waals surface area contributed by atoms with Gasteiger partial charge in [0.1, 0.15) is 22.0 Å². The molecular weight excluding hydrogens is 772 g/mol. The van der Waals surface area contributed by atoms with Crippen LogP contribution in [0.2, 0.25) is 0 Å². The molecule has 0 aliphatic carbocycles. The molecule has 0 heterocycles. The van der Waals surface area contributed by atoms with E-state index in [4.69, 9.17) is 0 Å². The van der Waals surface area contributed by atoms with Crippen LogP contribution < -0.4 is 0 Å². The zero-order chi connectivity index (χ0) is 38.5. The smallest absolute Gasteiger partial charge is 0.298 e. The largest absolute Gasteiger partial charge is 0.506 e. The SMILES string of the molecule is Cc1cc(N=Nc2c(O)ccc3cc(S(=O)(=O)O)ccc23)ccc1Cc1ccc(N=Nc2c(O)c(S(=O)(=O)O)cc3cc(S(=O)(=O)O)ccc23)cc1C.[Na]. The molecule has 1 radical (unpaired) electrons. The molecule has 15 nitrogen and oxygen atoms in total. The Morgan fingerprint density at radius 3 is 1.48 bits per heavy atom. The van der Waals surface area contributed by atoms with Gasteiger partial charge in [0, 0.05) is 40.3 Å². The summed E-state index contributed by atoms with van der Waals surface area (Å²) in [6.07, 6.45) is 0.519. The van der Waals surface area contributed by atoms with Crippen molar-refractivity contribution in [1.82, 2.24) is 0 Å². The molecule has 0 aliphatic rings. The number of benzene rings is 6. The summed E-state index contributed by atoms with van der Waals surface area (Å²) in [6, 6.07) is 21.4. The first-order valence-electron chi connectivity index (χ1n) is 15.3. The normalized spacial score (nSPS) is 12.5. The van der Waals surface area contributed by atoms with E-state index in [2.05, 4.69) is 20.5 Å². The molecule has 0 atom stereocenters. The quantitative estimate of drug-likeness (QED) is 0.0536. The molecule has 0 saturated carbocycles. The van der Waals surface area contributed by atoms with Crippen LogP contribution in [0.25, 0.3) is 21.5 Å². The summed E-state index contributed by atoms with van der Waals surface area (Å²) >= 11 is 0. The molecule has 19 heteroatoms. The van der Waals surface area contributed by atoms with Gasteiger partial charge in [-0.3, -0.25) is 13.7 Å². The molecule has 0 bridgehead atoms.